The van der Waals surface area contributed by atoms with E-state index in [0.29, 0.717) is 33.5 Å². The van der Waals surface area contributed by atoms with Crippen LogP contribution in [0.3, 0.4) is 0 Å². The van der Waals surface area contributed by atoms with Gasteiger partial charge in [-0.2, -0.15) is 0 Å². The summed E-state index contributed by atoms with van der Waals surface area (Å²) in [5.41, 5.74) is 1.83. The molecule has 7 heteroatoms. The van der Waals surface area contributed by atoms with Gasteiger partial charge in [0, 0.05) is 4.88 Å². The summed E-state index contributed by atoms with van der Waals surface area (Å²) in [4.78, 5) is 26.6. The highest BCUT2D eigenvalue weighted by Crippen LogP contribution is 2.41. The molecular weight excluding hydrogens is 378 g/mol. The van der Waals surface area contributed by atoms with E-state index in [-0.39, 0.29) is 5.91 Å². The number of nitrogens with one attached hydrogen (secondary N) is 1. The van der Waals surface area contributed by atoms with Gasteiger partial charge in [-0.1, -0.05) is 19.4 Å². The third kappa shape index (κ3) is 3.71. The summed E-state index contributed by atoms with van der Waals surface area (Å²) in [5.74, 6) is 0.666. The number of anilines is 1. The average Bonchev–Trinajstić information content (AvgIpc) is 3.08. The highest BCUT2D eigenvalue weighted by Gasteiger charge is 2.30. The fourth-order valence-electron chi connectivity index (χ4n) is 3.65. The number of rotatable bonds is 6. The Kier molecular flexibility index (Phi) is 6.24. The molecule has 1 amide bonds. The lowest BCUT2D eigenvalue weighted by Gasteiger charge is -2.20. The predicted molar refractivity (Wildman–Crippen MR) is 109 cm³/mol. The van der Waals surface area contributed by atoms with Crippen molar-refractivity contribution in [2.75, 3.05) is 26.6 Å². The van der Waals surface area contributed by atoms with E-state index in [1.807, 2.05) is 0 Å². The van der Waals surface area contributed by atoms with Crippen LogP contribution in [0.15, 0.2) is 18.2 Å². The van der Waals surface area contributed by atoms with Crippen molar-refractivity contribution in [2.45, 2.75) is 32.6 Å². The van der Waals surface area contributed by atoms with Gasteiger partial charge in [0.1, 0.15) is 5.00 Å². The van der Waals surface area contributed by atoms with E-state index in [0.717, 1.165) is 36.1 Å². The van der Waals surface area contributed by atoms with Crippen molar-refractivity contribution in [3.63, 3.8) is 0 Å². The molecule has 0 radical (unpaired) electrons. The number of benzene rings is 1. The molecule has 1 aromatic heterocycles. The topological polar surface area (TPSA) is 73.9 Å². The molecule has 0 fully saturated rings. The monoisotopic (exact) mass is 403 g/mol. The zero-order valence-corrected chi connectivity index (χ0v) is 17.4. The first-order valence-electron chi connectivity index (χ1n) is 9.29. The van der Waals surface area contributed by atoms with Crippen molar-refractivity contribution in [1.29, 1.82) is 0 Å². The molecule has 1 heterocycles. The number of fused-ring (bicyclic) bond motifs is 1. The number of methoxy groups -OCH3 is 3. The minimum atomic E-state index is -0.416. The second-order valence-corrected chi connectivity index (χ2v) is 7.82. The van der Waals surface area contributed by atoms with Crippen LogP contribution in [0.2, 0.25) is 0 Å². The van der Waals surface area contributed by atoms with Crippen LogP contribution in [0.1, 0.15) is 50.9 Å². The summed E-state index contributed by atoms with van der Waals surface area (Å²) in [6, 6.07) is 5.11. The smallest absolute Gasteiger partial charge is 0.341 e. The summed E-state index contributed by atoms with van der Waals surface area (Å²) in [6.45, 7) is 2.18. The van der Waals surface area contributed by atoms with Gasteiger partial charge >= 0.3 is 5.97 Å². The van der Waals surface area contributed by atoms with Crippen molar-refractivity contribution in [3.8, 4) is 11.5 Å². The summed E-state index contributed by atoms with van der Waals surface area (Å²) < 4.78 is 15.6. The van der Waals surface area contributed by atoms with Gasteiger partial charge < -0.3 is 19.5 Å². The maximum atomic E-state index is 13.0. The van der Waals surface area contributed by atoms with Crippen LogP contribution in [-0.4, -0.2) is 33.2 Å². The van der Waals surface area contributed by atoms with Crippen LogP contribution in [0.5, 0.6) is 11.5 Å². The maximum absolute atomic E-state index is 13.0. The molecule has 1 aliphatic rings. The fraction of sp³-hybridized carbons (Fsp3) is 0.429. The van der Waals surface area contributed by atoms with E-state index in [1.54, 1.807) is 18.2 Å². The number of hydrogen-bond acceptors (Lipinski definition) is 6. The molecule has 0 unspecified atom stereocenters. The van der Waals surface area contributed by atoms with E-state index < -0.39 is 5.97 Å². The van der Waals surface area contributed by atoms with Crippen LogP contribution in [-0.2, 0) is 17.6 Å². The second kappa shape index (κ2) is 8.65. The summed E-state index contributed by atoms with van der Waals surface area (Å²) in [5, 5.41) is 3.43. The maximum Gasteiger partial charge on any atom is 0.341 e. The van der Waals surface area contributed by atoms with Crippen molar-refractivity contribution >= 4 is 28.2 Å². The lowest BCUT2D eigenvalue weighted by Crippen LogP contribution is -2.17. The van der Waals surface area contributed by atoms with Crippen molar-refractivity contribution < 1.29 is 23.8 Å². The Balaban J connectivity index is 1.97. The minimum absolute atomic E-state index is 0.343. The number of ether oxygens (including phenoxy) is 3. The normalized spacial score (nSPS) is 15.5. The highest BCUT2D eigenvalue weighted by molar-refractivity contribution is 7.17. The van der Waals surface area contributed by atoms with Crippen LogP contribution < -0.4 is 14.8 Å². The van der Waals surface area contributed by atoms with E-state index >= 15 is 0 Å². The van der Waals surface area contributed by atoms with Crippen LogP contribution in [0.4, 0.5) is 5.00 Å². The third-order valence-corrected chi connectivity index (χ3v) is 6.38. The lowest BCUT2D eigenvalue weighted by molar-refractivity contribution is 0.0601. The van der Waals surface area contributed by atoms with Crippen LogP contribution in [0.25, 0.3) is 0 Å². The molecular formula is C21H25NO5S. The molecule has 2 aromatic rings. The number of thiophene rings is 1. The zero-order chi connectivity index (χ0) is 20.3. The van der Waals surface area contributed by atoms with E-state index in [1.165, 1.54) is 32.7 Å². The van der Waals surface area contributed by atoms with E-state index in [2.05, 4.69) is 12.2 Å². The molecule has 3 rings (SSSR count). The second-order valence-electron chi connectivity index (χ2n) is 6.71. The molecule has 1 aliphatic carbocycles. The van der Waals surface area contributed by atoms with Gasteiger partial charge in [-0.25, -0.2) is 4.79 Å². The molecule has 1 atom stereocenters. The van der Waals surface area contributed by atoms with Crippen LogP contribution in [0, 0.1) is 5.92 Å². The number of para-hydroxylation sites is 1. The molecule has 150 valence electrons. The van der Waals surface area contributed by atoms with Gasteiger partial charge in [-0.3, -0.25) is 4.79 Å². The third-order valence-electron chi connectivity index (χ3n) is 5.21. The Morgan fingerprint density at radius 3 is 2.64 bits per heavy atom. The number of hydrogen-bond donors (Lipinski definition) is 1. The van der Waals surface area contributed by atoms with Crippen molar-refractivity contribution in [1.82, 2.24) is 0 Å². The van der Waals surface area contributed by atoms with E-state index in [9.17, 15) is 9.59 Å². The van der Waals surface area contributed by atoms with Crippen molar-refractivity contribution in [3.05, 3.63) is 39.8 Å². The Bertz CT molecular complexity index is 889. The molecule has 1 aromatic carbocycles. The van der Waals surface area contributed by atoms with Gasteiger partial charge in [-0.15, -0.1) is 11.3 Å². The van der Waals surface area contributed by atoms with Crippen molar-refractivity contribution in [2.24, 2.45) is 5.92 Å². The molecule has 0 spiro atoms. The van der Waals surface area contributed by atoms with Gasteiger partial charge in [-0.05, 0) is 42.9 Å². The molecule has 0 bridgehead atoms. The summed E-state index contributed by atoms with van der Waals surface area (Å²) in [6.07, 6.45) is 3.90. The zero-order valence-electron chi connectivity index (χ0n) is 16.6. The van der Waals surface area contributed by atoms with Gasteiger partial charge in [0.25, 0.3) is 5.91 Å². The number of carbonyl (C=O) groups is 2. The Labute approximate surface area is 168 Å². The number of amides is 1. The number of carbonyl (C=O) groups excluding carboxylic acids is 2. The number of esters is 1. The highest BCUT2D eigenvalue weighted by atomic mass is 32.1. The fourth-order valence-corrected chi connectivity index (χ4v) is 4.99. The molecule has 6 nitrogen and oxygen atoms in total. The Morgan fingerprint density at radius 2 is 2.00 bits per heavy atom. The SMILES string of the molecule is CC[C@H]1CCc2c(sc(NC(=O)c3cccc(OC)c3OC)c2C(=O)OC)C1. The first kappa shape index (κ1) is 20.2. The average molecular weight is 404 g/mol. The van der Waals surface area contributed by atoms with Gasteiger partial charge in [0.05, 0.1) is 32.5 Å². The summed E-state index contributed by atoms with van der Waals surface area (Å²) in [7, 11) is 4.37. The molecule has 28 heavy (non-hydrogen) atoms. The Morgan fingerprint density at radius 1 is 1.21 bits per heavy atom. The van der Waals surface area contributed by atoms with Crippen LogP contribution >= 0.6 is 11.3 Å². The standard InChI is InChI=1S/C21H25NO5S/c1-5-12-9-10-13-16(11-12)28-20(17(13)21(24)27-4)22-19(23)14-7-6-8-15(25-2)18(14)26-3/h6-8,12H,5,9-11H2,1-4H3,(H,22,23)/t12-/m0/s1. The largest absolute Gasteiger partial charge is 0.493 e. The van der Waals surface area contributed by atoms with E-state index in [4.69, 9.17) is 14.2 Å². The van der Waals surface area contributed by atoms with Gasteiger partial charge in [0.15, 0.2) is 11.5 Å². The lowest BCUT2D eigenvalue weighted by atomic mass is 9.85. The quantitative estimate of drug-likeness (QED) is 0.727. The first-order chi connectivity index (χ1) is 13.5. The summed E-state index contributed by atoms with van der Waals surface area (Å²) >= 11 is 1.47. The predicted octanol–water partition coefficient (Wildman–Crippen LogP) is 4.32. The molecule has 0 aliphatic heterocycles. The molecule has 0 saturated carbocycles. The molecule has 0 saturated heterocycles. The molecule has 1 N–H and O–H groups in total. The minimum Gasteiger partial charge on any atom is -0.493 e. The first-order valence-corrected chi connectivity index (χ1v) is 10.1. The van der Waals surface area contributed by atoms with Gasteiger partial charge in [0.2, 0.25) is 0 Å². The Hall–Kier alpha value is -2.54.